The molecule has 0 N–H and O–H groups in total. The number of likely N-dealkylation sites (N-methyl/N-ethyl adjacent to an activating group) is 1. The van der Waals surface area contributed by atoms with Gasteiger partial charge in [0.2, 0.25) is 0 Å². The molecule has 1 aliphatic heterocycles. The van der Waals surface area contributed by atoms with Gasteiger partial charge in [-0.2, -0.15) is 12.6 Å². The molecular formula is C10H18N2O2S. The second-order valence-electron chi connectivity index (χ2n) is 3.92. The molecule has 3 amide bonds. The van der Waals surface area contributed by atoms with Crippen LogP contribution in [0.1, 0.15) is 27.2 Å². The molecular weight excluding hydrogens is 212 g/mol. The van der Waals surface area contributed by atoms with E-state index in [4.69, 9.17) is 0 Å². The normalized spacial score (nSPS) is 26.7. The second kappa shape index (κ2) is 4.43. The standard InChI is InChI=1S/C10H18N2O2S/c1-4-6-12-9(14)11(5-2)8(13)10(12,3)7-15/h15H,4-7H2,1-3H3. The van der Waals surface area contributed by atoms with Crippen LogP contribution in [0.15, 0.2) is 0 Å². The first-order valence-electron chi connectivity index (χ1n) is 5.27. The summed E-state index contributed by atoms with van der Waals surface area (Å²) in [5, 5.41) is 0. The Hall–Kier alpha value is -0.710. The van der Waals surface area contributed by atoms with Crippen molar-refractivity contribution in [3.05, 3.63) is 0 Å². The molecule has 0 saturated carbocycles. The Bertz CT molecular complexity index is 283. The van der Waals surface area contributed by atoms with Gasteiger partial charge in [-0.3, -0.25) is 9.69 Å². The highest BCUT2D eigenvalue weighted by Gasteiger charge is 2.52. The molecule has 0 bridgehead atoms. The predicted molar refractivity (Wildman–Crippen MR) is 62.0 cm³/mol. The average molecular weight is 230 g/mol. The Morgan fingerprint density at radius 1 is 1.33 bits per heavy atom. The quantitative estimate of drug-likeness (QED) is 0.585. The van der Waals surface area contributed by atoms with Crippen LogP contribution in [0.2, 0.25) is 0 Å². The zero-order chi connectivity index (χ0) is 11.6. The number of carbonyl (C=O) groups is 2. The summed E-state index contributed by atoms with van der Waals surface area (Å²) in [6.07, 6.45) is 0.847. The lowest BCUT2D eigenvalue weighted by Gasteiger charge is -2.29. The highest BCUT2D eigenvalue weighted by Crippen LogP contribution is 2.28. The van der Waals surface area contributed by atoms with Crippen molar-refractivity contribution in [3.8, 4) is 0 Å². The molecule has 1 heterocycles. The molecule has 1 saturated heterocycles. The number of rotatable bonds is 4. The summed E-state index contributed by atoms with van der Waals surface area (Å²) >= 11 is 4.19. The van der Waals surface area contributed by atoms with Gasteiger partial charge in [-0.25, -0.2) is 4.79 Å². The lowest BCUT2D eigenvalue weighted by atomic mass is 10.0. The number of amides is 3. The van der Waals surface area contributed by atoms with Gasteiger partial charge in [-0.05, 0) is 20.3 Å². The summed E-state index contributed by atoms with van der Waals surface area (Å²) in [6, 6.07) is -0.180. The Morgan fingerprint density at radius 2 is 1.93 bits per heavy atom. The number of urea groups is 1. The van der Waals surface area contributed by atoms with Crippen molar-refractivity contribution in [2.45, 2.75) is 32.7 Å². The molecule has 1 unspecified atom stereocenters. The van der Waals surface area contributed by atoms with Crippen molar-refractivity contribution in [2.75, 3.05) is 18.8 Å². The van der Waals surface area contributed by atoms with Crippen molar-refractivity contribution in [2.24, 2.45) is 0 Å². The van der Waals surface area contributed by atoms with Crippen LogP contribution >= 0.6 is 12.6 Å². The van der Waals surface area contributed by atoms with E-state index < -0.39 is 5.54 Å². The zero-order valence-electron chi connectivity index (χ0n) is 9.49. The minimum Gasteiger partial charge on any atom is -0.309 e. The highest BCUT2D eigenvalue weighted by molar-refractivity contribution is 7.80. The molecule has 5 heteroatoms. The molecule has 4 nitrogen and oxygen atoms in total. The van der Waals surface area contributed by atoms with Crippen LogP contribution < -0.4 is 0 Å². The molecule has 0 aromatic heterocycles. The molecule has 0 aromatic carbocycles. The van der Waals surface area contributed by atoms with E-state index in [0.29, 0.717) is 18.8 Å². The first kappa shape index (κ1) is 12.4. The van der Waals surface area contributed by atoms with E-state index in [2.05, 4.69) is 12.6 Å². The predicted octanol–water partition coefficient (Wildman–Crippen LogP) is 1.37. The van der Waals surface area contributed by atoms with Gasteiger partial charge in [-0.1, -0.05) is 6.92 Å². The van der Waals surface area contributed by atoms with Crippen molar-refractivity contribution in [1.82, 2.24) is 9.80 Å². The minimum atomic E-state index is -0.758. The van der Waals surface area contributed by atoms with E-state index in [1.165, 1.54) is 4.90 Å². The van der Waals surface area contributed by atoms with E-state index in [-0.39, 0.29) is 11.9 Å². The fourth-order valence-corrected chi connectivity index (χ4v) is 2.15. The Morgan fingerprint density at radius 3 is 2.33 bits per heavy atom. The zero-order valence-corrected chi connectivity index (χ0v) is 10.4. The lowest BCUT2D eigenvalue weighted by Crippen LogP contribution is -2.49. The second-order valence-corrected chi connectivity index (χ2v) is 4.23. The Kier molecular flexibility index (Phi) is 3.65. The van der Waals surface area contributed by atoms with Crippen LogP contribution in [-0.2, 0) is 4.79 Å². The first-order valence-corrected chi connectivity index (χ1v) is 5.90. The van der Waals surface area contributed by atoms with E-state index in [9.17, 15) is 9.59 Å². The summed E-state index contributed by atoms with van der Waals surface area (Å²) in [7, 11) is 0. The first-order chi connectivity index (χ1) is 7.02. The molecule has 15 heavy (non-hydrogen) atoms. The summed E-state index contributed by atoms with van der Waals surface area (Å²) in [4.78, 5) is 26.8. The largest absolute Gasteiger partial charge is 0.327 e. The summed E-state index contributed by atoms with van der Waals surface area (Å²) < 4.78 is 0. The maximum atomic E-state index is 12.0. The molecule has 0 radical (unpaired) electrons. The topological polar surface area (TPSA) is 40.6 Å². The van der Waals surface area contributed by atoms with Crippen molar-refractivity contribution in [3.63, 3.8) is 0 Å². The monoisotopic (exact) mass is 230 g/mol. The Labute approximate surface area is 96.0 Å². The average Bonchev–Trinajstić information content (AvgIpc) is 2.41. The van der Waals surface area contributed by atoms with Gasteiger partial charge in [-0.15, -0.1) is 0 Å². The number of hydrogen-bond donors (Lipinski definition) is 1. The van der Waals surface area contributed by atoms with Crippen molar-refractivity contribution >= 4 is 24.6 Å². The number of thiol groups is 1. The fourth-order valence-electron chi connectivity index (χ4n) is 1.85. The maximum Gasteiger partial charge on any atom is 0.327 e. The van der Waals surface area contributed by atoms with Gasteiger partial charge in [0, 0.05) is 18.8 Å². The number of imide groups is 1. The van der Waals surface area contributed by atoms with Crippen molar-refractivity contribution < 1.29 is 9.59 Å². The summed E-state index contributed by atoms with van der Waals surface area (Å²) in [5.74, 6) is 0.243. The number of carbonyl (C=O) groups excluding carboxylic acids is 2. The van der Waals surface area contributed by atoms with Crippen LogP contribution in [0, 0.1) is 0 Å². The molecule has 1 rings (SSSR count). The molecule has 1 aliphatic rings. The van der Waals surface area contributed by atoms with Gasteiger partial charge >= 0.3 is 6.03 Å². The molecule has 0 aromatic rings. The molecule has 1 atom stereocenters. The lowest BCUT2D eigenvalue weighted by molar-refractivity contribution is -0.131. The van der Waals surface area contributed by atoms with Crippen LogP contribution in [0.3, 0.4) is 0 Å². The van der Waals surface area contributed by atoms with E-state index in [0.717, 1.165) is 6.42 Å². The fraction of sp³-hybridized carbons (Fsp3) is 0.800. The maximum absolute atomic E-state index is 12.0. The third kappa shape index (κ3) is 1.73. The van der Waals surface area contributed by atoms with Crippen LogP contribution in [0.4, 0.5) is 4.79 Å². The van der Waals surface area contributed by atoms with Crippen LogP contribution in [0.25, 0.3) is 0 Å². The van der Waals surface area contributed by atoms with E-state index in [1.54, 1.807) is 11.8 Å². The minimum absolute atomic E-state index is 0.126. The van der Waals surface area contributed by atoms with Gasteiger partial charge in [0.15, 0.2) is 0 Å². The van der Waals surface area contributed by atoms with Gasteiger partial charge in [0.1, 0.15) is 5.54 Å². The van der Waals surface area contributed by atoms with Gasteiger partial charge in [0.25, 0.3) is 5.91 Å². The SMILES string of the molecule is CCCN1C(=O)N(CC)C(=O)C1(C)CS. The van der Waals surface area contributed by atoms with Gasteiger partial charge < -0.3 is 4.90 Å². The van der Waals surface area contributed by atoms with E-state index >= 15 is 0 Å². The third-order valence-electron chi connectivity index (χ3n) is 2.83. The number of nitrogens with zero attached hydrogens (tertiary/aromatic N) is 2. The van der Waals surface area contributed by atoms with Crippen molar-refractivity contribution in [1.29, 1.82) is 0 Å². The smallest absolute Gasteiger partial charge is 0.309 e. The van der Waals surface area contributed by atoms with Crippen LogP contribution in [-0.4, -0.2) is 46.1 Å². The number of hydrogen-bond acceptors (Lipinski definition) is 3. The van der Waals surface area contributed by atoms with E-state index in [1.807, 2.05) is 13.8 Å². The summed E-state index contributed by atoms with van der Waals surface area (Å²) in [5.41, 5.74) is -0.758. The molecule has 86 valence electrons. The van der Waals surface area contributed by atoms with Gasteiger partial charge in [0.05, 0.1) is 0 Å². The molecule has 0 aliphatic carbocycles. The van der Waals surface area contributed by atoms with Crippen LogP contribution in [0.5, 0.6) is 0 Å². The molecule has 0 spiro atoms. The molecule has 1 fully saturated rings. The third-order valence-corrected chi connectivity index (χ3v) is 3.45. The Balaban J connectivity index is 3.03. The highest BCUT2D eigenvalue weighted by atomic mass is 32.1. The summed E-state index contributed by atoms with van der Waals surface area (Å²) in [6.45, 7) is 6.63.